The summed E-state index contributed by atoms with van der Waals surface area (Å²) in [6.45, 7) is 8.92. The first-order valence-electron chi connectivity index (χ1n) is 6.53. The van der Waals surface area contributed by atoms with Crippen molar-refractivity contribution >= 4 is 6.09 Å². The summed E-state index contributed by atoms with van der Waals surface area (Å²) in [6, 6.07) is 0. The number of likely N-dealkylation sites (N-methyl/N-ethyl adjacent to an activating group) is 1. The third kappa shape index (κ3) is 5.95. The summed E-state index contributed by atoms with van der Waals surface area (Å²) in [5, 5.41) is 0. The maximum absolute atomic E-state index is 11.8. The van der Waals surface area contributed by atoms with E-state index in [-0.39, 0.29) is 12.2 Å². The predicted molar refractivity (Wildman–Crippen MR) is 73.9 cm³/mol. The van der Waals surface area contributed by atoms with Gasteiger partial charge in [-0.3, -0.25) is 4.90 Å². The van der Waals surface area contributed by atoms with Crippen LogP contribution in [0.4, 0.5) is 4.79 Å². The molecule has 0 aliphatic carbocycles. The third-order valence-corrected chi connectivity index (χ3v) is 2.72. The molecule has 0 aromatic rings. The van der Waals surface area contributed by atoms with Crippen LogP contribution in [0.2, 0.25) is 0 Å². The lowest BCUT2D eigenvalue weighted by molar-refractivity contribution is -0.0409. The van der Waals surface area contributed by atoms with Gasteiger partial charge in [0.05, 0.1) is 25.8 Å². The fourth-order valence-electron chi connectivity index (χ4n) is 1.88. The number of carbonyl (C=O) groups is 1. The summed E-state index contributed by atoms with van der Waals surface area (Å²) in [5.41, 5.74) is -0.478. The van der Waals surface area contributed by atoms with Gasteiger partial charge >= 0.3 is 6.09 Å². The minimum atomic E-state index is -0.478. The molecule has 1 amide bonds. The van der Waals surface area contributed by atoms with Crippen LogP contribution in [0.15, 0.2) is 0 Å². The quantitative estimate of drug-likeness (QED) is 0.721. The van der Waals surface area contributed by atoms with Crippen molar-refractivity contribution in [3.05, 3.63) is 0 Å². The van der Waals surface area contributed by atoms with E-state index in [0.29, 0.717) is 19.7 Å². The van der Waals surface area contributed by atoms with Gasteiger partial charge in [-0.05, 0) is 20.8 Å². The Kier molecular flexibility index (Phi) is 5.64. The summed E-state index contributed by atoms with van der Waals surface area (Å²) < 4.78 is 10.9. The number of morpholine rings is 1. The first kappa shape index (κ1) is 15.8. The Hall–Kier alpha value is -1.25. The number of hydrogen-bond donors (Lipinski definition) is 0. The molecule has 108 valence electrons. The van der Waals surface area contributed by atoms with Crippen LogP contribution >= 0.6 is 0 Å². The highest BCUT2D eigenvalue weighted by atomic mass is 16.6. The fraction of sp³-hybridized carbons (Fsp3) is 0.786. The molecule has 0 aromatic carbocycles. The normalized spacial score (nSPS) is 20.7. The van der Waals surface area contributed by atoms with Gasteiger partial charge in [-0.1, -0.05) is 5.92 Å². The molecular formula is C14H24N2O3. The van der Waals surface area contributed by atoms with Gasteiger partial charge in [-0.25, -0.2) is 4.79 Å². The molecule has 1 fully saturated rings. The van der Waals surface area contributed by atoms with E-state index in [4.69, 9.17) is 15.9 Å². The van der Waals surface area contributed by atoms with Crippen LogP contribution in [0.5, 0.6) is 0 Å². The van der Waals surface area contributed by atoms with Gasteiger partial charge in [0.25, 0.3) is 0 Å². The minimum Gasteiger partial charge on any atom is -0.444 e. The number of nitrogens with zero attached hydrogens (tertiary/aromatic N) is 2. The highest BCUT2D eigenvalue weighted by molar-refractivity contribution is 5.67. The van der Waals surface area contributed by atoms with Crippen molar-refractivity contribution in [3.63, 3.8) is 0 Å². The molecule has 0 radical (unpaired) electrons. The Labute approximate surface area is 115 Å². The van der Waals surface area contributed by atoms with Gasteiger partial charge in [0.15, 0.2) is 0 Å². The summed E-state index contributed by atoms with van der Waals surface area (Å²) >= 11 is 0. The summed E-state index contributed by atoms with van der Waals surface area (Å²) in [6.07, 6.45) is 4.96. The molecule has 0 aromatic heterocycles. The molecule has 5 nitrogen and oxygen atoms in total. The van der Waals surface area contributed by atoms with E-state index in [2.05, 4.69) is 10.8 Å². The molecule has 1 rings (SSSR count). The van der Waals surface area contributed by atoms with E-state index in [1.54, 1.807) is 11.9 Å². The third-order valence-electron chi connectivity index (χ3n) is 2.72. The minimum absolute atomic E-state index is 0.0142. The molecule has 5 heteroatoms. The molecule has 1 atom stereocenters. The Morgan fingerprint density at radius 2 is 2.26 bits per heavy atom. The maximum Gasteiger partial charge on any atom is 0.410 e. The highest BCUT2D eigenvalue weighted by Gasteiger charge is 2.25. The van der Waals surface area contributed by atoms with Gasteiger partial charge in [-0.2, -0.15) is 0 Å². The molecule has 1 heterocycles. The van der Waals surface area contributed by atoms with Crippen LogP contribution < -0.4 is 0 Å². The van der Waals surface area contributed by atoms with Crippen molar-refractivity contribution in [1.82, 2.24) is 9.80 Å². The number of carbonyl (C=O) groups excluding carboxylic acids is 1. The van der Waals surface area contributed by atoms with Crippen molar-refractivity contribution in [2.45, 2.75) is 32.5 Å². The zero-order chi connectivity index (χ0) is 14.5. The maximum atomic E-state index is 11.8. The largest absolute Gasteiger partial charge is 0.444 e. The first-order valence-corrected chi connectivity index (χ1v) is 6.53. The molecule has 1 saturated heterocycles. The molecule has 1 aliphatic heterocycles. The van der Waals surface area contributed by atoms with Crippen molar-refractivity contribution < 1.29 is 14.3 Å². The Morgan fingerprint density at radius 1 is 1.58 bits per heavy atom. The molecule has 0 unspecified atom stereocenters. The molecule has 1 aliphatic rings. The predicted octanol–water partition coefficient (Wildman–Crippen LogP) is 1.19. The molecule has 19 heavy (non-hydrogen) atoms. The summed E-state index contributed by atoms with van der Waals surface area (Å²) in [7, 11) is 1.72. The Morgan fingerprint density at radius 3 is 2.84 bits per heavy atom. The van der Waals surface area contributed by atoms with Gasteiger partial charge in [0.1, 0.15) is 5.60 Å². The van der Waals surface area contributed by atoms with E-state index in [9.17, 15) is 4.79 Å². The smallest absolute Gasteiger partial charge is 0.410 e. The van der Waals surface area contributed by atoms with E-state index >= 15 is 0 Å². The van der Waals surface area contributed by atoms with Gasteiger partial charge in [0.2, 0.25) is 0 Å². The lowest BCUT2D eigenvalue weighted by Crippen LogP contribution is -2.48. The second-order valence-corrected chi connectivity index (χ2v) is 5.79. The molecule has 0 N–H and O–H groups in total. The zero-order valence-corrected chi connectivity index (χ0v) is 12.3. The number of ether oxygens (including phenoxy) is 2. The van der Waals surface area contributed by atoms with Crippen LogP contribution in [0.25, 0.3) is 0 Å². The Bertz CT molecular complexity index is 344. The molecule has 0 bridgehead atoms. The van der Waals surface area contributed by atoms with Crippen molar-refractivity contribution in [1.29, 1.82) is 0 Å². The Balaban J connectivity index is 2.41. The number of terminal acetylenes is 1. The van der Waals surface area contributed by atoms with E-state index in [0.717, 1.165) is 13.1 Å². The summed E-state index contributed by atoms with van der Waals surface area (Å²) in [5.74, 6) is 2.63. The lowest BCUT2D eigenvalue weighted by Gasteiger charge is -2.34. The van der Waals surface area contributed by atoms with Crippen LogP contribution in [-0.2, 0) is 9.47 Å². The number of rotatable bonds is 3. The number of amides is 1. The van der Waals surface area contributed by atoms with E-state index in [1.807, 2.05) is 20.8 Å². The SMILES string of the molecule is C#CCN1CCO[C@@H](CN(C)C(=O)OC(C)(C)C)C1. The molecule has 0 saturated carbocycles. The van der Waals surface area contributed by atoms with Crippen LogP contribution in [0.1, 0.15) is 20.8 Å². The molecular weight excluding hydrogens is 244 g/mol. The average Bonchev–Trinajstić information content (AvgIpc) is 2.27. The molecule has 0 spiro atoms. The monoisotopic (exact) mass is 268 g/mol. The zero-order valence-electron chi connectivity index (χ0n) is 12.3. The first-order chi connectivity index (χ1) is 8.81. The van der Waals surface area contributed by atoms with Crippen LogP contribution in [-0.4, -0.2) is 67.4 Å². The summed E-state index contributed by atoms with van der Waals surface area (Å²) in [4.78, 5) is 15.5. The average molecular weight is 268 g/mol. The standard InChI is InChI=1S/C14H24N2O3/c1-6-7-16-8-9-18-12(11-16)10-15(5)13(17)19-14(2,3)4/h1,12H,7-11H2,2-5H3/t12-/m0/s1. The lowest BCUT2D eigenvalue weighted by atomic mass is 10.2. The van der Waals surface area contributed by atoms with E-state index in [1.165, 1.54) is 0 Å². The van der Waals surface area contributed by atoms with Gasteiger partial charge in [-0.15, -0.1) is 6.42 Å². The van der Waals surface area contributed by atoms with Crippen LogP contribution in [0.3, 0.4) is 0 Å². The topological polar surface area (TPSA) is 42.0 Å². The van der Waals surface area contributed by atoms with Crippen molar-refractivity contribution in [2.24, 2.45) is 0 Å². The van der Waals surface area contributed by atoms with Crippen molar-refractivity contribution in [3.8, 4) is 12.3 Å². The van der Waals surface area contributed by atoms with E-state index < -0.39 is 5.60 Å². The second-order valence-electron chi connectivity index (χ2n) is 5.79. The highest BCUT2D eigenvalue weighted by Crippen LogP contribution is 2.11. The number of hydrogen-bond acceptors (Lipinski definition) is 4. The fourth-order valence-corrected chi connectivity index (χ4v) is 1.88. The van der Waals surface area contributed by atoms with Gasteiger partial charge in [0, 0.05) is 20.1 Å². The van der Waals surface area contributed by atoms with Gasteiger partial charge < -0.3 is 14.4 Å². The van der Waals surface area contributed by atoms with Crippen LogP contribution in [0, 0.1) is 12.3 Å². The second kappa shape index (κ2) is 6.78. The van der Waals surface area contributed by atoms with Crippen molar-refractivity contribution in [2.75, 3.05) is 39.8 Å².